The van der Waals surface area contributed by atoms with Crippen LogP contribution in [0.3, 0.4) is 0 Å². The van der Waals surface area contributed by atoms with E-state index >= 15 is 0 Å². The second kappa shape index (κ2) is 9.71. The Labute approximate surface area is 160 Å². The average Bonchev–Trinajstić information content (AvgIpc) is 3.53. The van der Waals surface area contributed by atoms with Crippen LogP contribution in [0.5, 0.6) is 0 Å². The topological polar surface area (TPSA) is 71.1 Å². The standard InChI is InChI=1S/C20H29N3O4/c1-2-26-12-13-27-15-16-4-3-5-18(14-16)21-20(25)23-10-8-22(9-11-23)19(24)17-6-7-17/h3-5,14,17H,2,6-13,15H2,1H3,(H,21,25). The van der Waals surface area contributed by atoms with E-state index in [1.165, 1.54) is 0 Å². The number of urea groups is 1. The van der Waals surface area contributed by atoms with E-state index in [-0.39, 0.29) is 17.9 Å². The Morgan fingerprint density at radius 3 is 2.48 bits per heavy atom. The number of amides is 3. The molecule has 7 nitrogen and oxygen atoms in total. The molecule has 7 heteroatoms. The summed E-state index contributed by atoms with van der Waals surface area (Å²) >= 11 is 0. The van der Waals surface area contributed by atoms with Gasteiger partial charge in [-0.3, -0.25) is 4.79 Å². The predicted molar refractivity (Wildman–Crippen MR) is 102 cm³/mol. The molecular weight excluding hydrogens is 346 g/mol. The fraction of sp³-hybridized carbons (Fsp3) is 0.600. The number of hydrogen-bond donors (Lipinski definition) is 1. The lowest BCUT2D eigenvalue weighted by Crippen LogP contribution is -2.52. The summed E-state index contributed by atoms with van der Waals surface area (Å²) in [5.74, 6) is 0.496. The zero-order valence-corrected chi connectivity index (χ0v) is 16.0. The van der Waals surface area contributed by atoms with Gasteiger partial charge in [-0.1, -0.05) is 12.1 Å². The van der Waals surface area contributed by atoms with E-state index in [0.29, 0.717) is 52.6 Å². The Hall–Kier alpha value is -2.12. The molecule has 1 N–H and O–H groups in total. The number of ether oxygens (including phenoxy) is 2. The molecule has 0 spiro atoms. The highest BCUT2D eigenvalue weighted by atomic mass is 16.5. The van der Waals surface area contributed by atoms with Crippen molar-refractivity contribution in [2.24, 2.45) is 5.92 Å². The second-order valence-corrected chi connectivity index (χ2v) is 6.97. The van der Waals surface area contributed by atoms with Crippen LogP contribution in [0.4, 0.5) is 10.5 Å². The zero-order chi connectivity index (χ0) is 19.1. The molecule has 1 aromatic carbocycles. The normalized spacial score (nSPS) is 17.1. The van der Waals surface area contributed by atoms with Gasteiger partial charge in [-0.15, -0.1) is 0 Å². The lowest BCUT2D eigenvalue weighted by atomic mass is 10.2. The van der Waals surface area contributed by atoms with Crippen LogP contribution in [-0.4, -0.2) is 67.7 Å². The summed E-state index contributed by atoms with van der Waals surface area (Å²) in [5, 5.41) is 2.95. The molecule has 1 aromatic rings. The highest BCUT2D eigenvalue weighted by Gasteiger charge is 2.35. The van der Waals surface area contributed by atoms with Gasteiger partial charge in [0.25, 0.3) is 0 Å². The van der Waals surface area contributed by atoms with Crippen molar-refractivity contribution in [1.82, 2.24) is 9.80 Å². The summed E-state index contributed by atoms with van der Waals surface area (Å²) in [6, 6.07) is 7.55. The minimum absolute atomic E-state index is 0.122. The number of carbonyl (C=O) groups is 2. The molecule has 1 saturated carbocycles. The van der Waals surface area contributed by atoms with Crippen LogP contribution in [0.15, 0.2) is 24.3 Å². The zero-order valence-electron chi connectivity index (χ0n) is 16.0. The molecule has 2 aliphatic rings. The molecule has 1 saturated heterocycles. The maximum absolute atomic E-state index is 12.5. The van der Waals surface area contributed by atoms with E-state index in [4.69, 9.17) is 9.47 Å². The largest absolute Gasteiger partial charge is 0.379 e. The summed E-state index contributed by atoms with van der Waals surface area (Å²) in [6.45, 7) is 6.65. The number of rotatable bonds is 8. The summed E-state index contributed by atoms with van der Waals surface area (Å²) < 4.78 is 10.8. The maximum Gasteiger partial charge on any atom is 0.321 e. The van der Waals surface area contributed by atoms with Gasteiger partial charge in [0.1, 0.15) is 0 Å². The molecule has 1 aliphatic heterocycles. The van der Waals surface area contributed by atoms with Crippen molar-refractivity contribution in [3.05, 3.63) is 29.8 Å². The lowest BCUT2D eigenvalue weighted by molar-refractivity contribution is -0.133. The van der Waals surface area contributed by atoms with Gasteiger partial charge >= 0.3 is 6.03 Å². The quantitative estimate of drug-likeness (QED) is 0.708. The number of benzene rings is 1. The molecule has 0 radical (unpaired) electrons. The van der Waals surface area contributed by atoms with Crippen LogP contribution < -0.4 is 5.32 Å². The summed E-state index contributed by atoms with van der Waals surface area (Å²) in [4.78, 5) is 28.3. The number of anilines is 1. The molecule has 2 fully saturated rings. The molecule has 3 amide bonds. The minimum atomic E-state index is -0.122. The third-order valence-electron chi connectivity index (χ3n) is 4.83. The van der Waals surface area contributed by atoms with E-state index in [2.05, 4.69) is 5.32 Å². The highest BCUT2D eigenvalue weighted by molar-refractivity contribution is 5.89. The van der Waals surface area contributed by atoms with Crippen molar-refractivity contribution in [2.45, 2.75) is 26.4 Å². The van der Waals surface area contributed by atoms with E-state index < -0.39 is 0 Å². The van der Waals surface area contributed by atoms with Crippen molar-refractivity contribution in [2.75, 3.05) is 51.3 Å². The Morgan fingerprint density at radius 2 is 1.78 bits per heavy atom. The Morgan fingerprint density at radius 1 is 1.07 bits per heavy atom. The first kappa shape index (κ1) is 19.6. The first-order chi connectivity index (χ1) is 13.2. The lowest BCUT2D eigenvalue weighted by Gasteiger charge is -2.34. The van der Waals surface area contributed by atoms with Gasteiger partial charge in [0.2, 0.25) is 5.91 Å². The predicted octanol–water partition coefficient (Wildman–Crippen LogP) is 2.33. The second-order valence-electron chi connectivity index (χ2n) is 6.97. The molecule has 1 heterocycles. The molecular formula is C20H29N3O4. The van der Waals surface area contributed by atoms with Gasteiger partial charge in [0.05, 0.1) is 19.8 Å². The van der Waals surface area contributed by atoms with Crippen molar-refractivity contribution in [3.8, 4) is 0 Å². The molecule has 0 unspecified atom stereocenters. The number of piperazine rings is 1. The molecule has 148 valence electrons. The first-order valence-corrected chi connectivity index (χ1v) is 9.76. The third kappa shape index (κ3) is 5.94. The van der Waals surface area contributed by atoms with Gasteiger partial charge in [-0.05, 0) is 37.5 Å². The van der Waals surface area contributed by atoms with Crippen LogP contribution >= 0.6 is 0 Å². The summed E-state index contributed by atoms with van der Waals surface area (Å²) in [7, 11) is 0. The van der Waals surface area contributed by atoms with Crippen molar-refractivity contribution in [1.29, 1.82) is 0 Å². The van der Waals surface area contributed by atoms with Crippen molar-refractivity contribution >= 4 is 17.6 Å². The molecule has 3 rings (SSSR count). The van der Waals surface area contributed by atoms with Crippen LogP contribution in [0.2, 0.25) is 0 Å². The number of nitrogens with one attached hydrogen (secondary N) is 1. The fourth-order valence-corrected chi connectivity index (χ4v) is 3.11. The Bertz CT molecular complexity index is 640. The van der Waals surface area contributed by atoms with E-state index in [9.17, 15) is 9.59 Å². The number of hydrogen-bond acceptors (Lipinski definition) is 4. The average molecular weight is 375 g/mol. The smallest absolute Gasteiger partial charge is 0.321 e. The summed E-state index contributed by atoms with van der Waals surface area (Å²) in [5.41, 5.74) is 1.76. The van der Waals surface area contributed by atoms with E-state index in [0.717, 1.165) is 24.1 Å². The van der Waals surface area contributed by atoms with Crippen molar-refractivity contribution in [3.63, 3.8) is 0 Å². The van der Waals surface area contributed by atoms with Crippen LogP contribution in [0, 0.1) is 5.92 Å². The first-order valence-electron chi connectivity index (χ1n) is 9.76. The highest BCUT2D eigenvalue weighted by Crippen LogP contribution is 2.31. The van der Waals surface area contributed by atoms with Crippen molar-refractivity contribution < 1.29 is 19.1 Å². The van der Waals surface area contributed by atoms with Crippen LogP contribution in [0.1, 0.15) is 25.3 Å². The number of nitrogens with zero attached hydrogens (tertiary/aromatic N) is 2. The van der Waals surface area contributed by atoms with Crippen LogP contribution in [0.25, 0.3) is 0 Å². The van der Waals surface area contributed by atoms with Gasteiger partial charge in [0.15, 0.2) is 0 Å². The van der Waals surface area contributed by atoms with E-state index in [1.807, 2.05) is 36.1 Å². The molecule has 0 atom stereocenters. The molecule has 0 bridgehead atoms. The number of carbonyl (C=O) groups excluding carboxylic acids is 2. The fourth-order valence-electron chi connectivity index (χ4n) is 3.11. The SMILES string of the molecule is CCOCCOCc1cccc(NC(=O)N2CCN(C(=O)C3CC3)CC2)c1. The minimum Gasteiger partial charge on any atom is -0.379 e. The van der Waals surface area contributed by atoms with Gasteiger partial charge in [-0.25, -0.2) is 4.79 Å². The van der Waals surface area contributed by atoms with Gasteiger partial charge in [0, 0.05) is 44.4 Å². The molecule has 1 aliphatic carbocycles. The van der Waals surface area contributed by atoms with E-state index in [1.54, 1.807) is 4.90 Å². The molecule has 0 aromatic heterocycles. The third-order valence-corrected chi connectivity index (χ3v) is 4.83. The Balaban J connectivity index is 1.42. The monoisotopic (exact) mass is 375 g/mol. The summed E-state index contributed by atoms with van der Waals surface area (Å²) in [6.07, 6.45) is 2.04. The van der Waals surface area contributed by atoms with Gasteiger partial charge in [-0.2, -0.15) is 0 Å². The maximum atomic E-state index is 12.5. The van der Waals surface area contributed by atoms with Gasteiger partial charge < -0.3 is 24.6 Å². The van der Waals surface area contributed by atoms with Crippen LogP contribution in [-0.2, 0) is 20.9 Å². The molecule has 27 heavy (non-hydrogen) atoms. The Kier molecular flexibility index (Phi) is 7.06.